The molecular weight excluding hydrogens is 264 g/mol. The zero-order chi connectivity index (χ0) is 14.5. The fourth-order valence-electron chi connectivity index (χ4n) is 2.19. The highest BCUT2D eigenvalue weighted by molar-refractivity contribution is 5.84. The minimum absolute atomic E-state index is 0.604. The second-order valence-corrected chi connectivity index (χ2v) is 4.94. The summed E-state index contributed by atoms with van der Waals surface area (Å²) in [7, 11) is 0. The summed E-state index contributed by atoms with van der Waals surface area (Å²) < 4.78 is 10.9. The molecule has 0 aliphatic carbocycles. The van der Waals surface area contributed by atoms with E-state index in [1.165, 1.54) is 0 Å². The third-order valence-corrected chi connectivity index (χ3v) is 3.27. The highest BCUT2D eigenvalue weighted by Gasteiger charge is 2.03. The molecule has 0 unspecified atom stereocenters. The Labute approximate surface area is 123 Å². The van der Waals surface area contributed by atoms with E-state index in [-0.39, 0.29) is 0 Å². The summed E-state index contributed by atoms with van der Waals surface area (Å²) in [6.45, 7) is 4.15. The molecule has 0 atom stereocenters. The van der Waals surface area contributed by atoms with Crippen LogP contribution in [0, 0.1) is 6.92 Å². The maximum atomic E-state index is 5.85. The van der Waals surface area contributed by atoms with Crippen molar-refractivity contribution in [2.45, 2.75) is 13.5 Å². The lowest BCUT2D eigenvalue weighted by Crippen LogP contribution is -2.20. The first kappa shape index (κ1) is 13.6. The van der Waals surface area contributed by atoms with Gasteiger partial charge in [-0.1, -0.05) is 18.2 Å². The van der Waals surface area contributed by atoms with Gasteiger partial charge in [-0.2, -0.15) is 0 Å². The summed E-state index contributed by atoms with van der Waals surface area (Å²) in [5, 5.41) is 4.41. The predicted molar refractivity (Wildman–Crippen MR) is 82.4 cm³/mol. The Balaban J connectivity index is 1.56. The fraction of sp³-hybridized carbons (Fsp3) is 0.235. The van der Waals surface area contributed by atoms with Gasteiger partial charge in [0.2, 0.25) is 0 Å². The summed E-state index contributed by atoms with van der Waals surface area (Å²) in [4.78, 5) is 4.56. The van der Waals surface area contributed by atoms with Crippen molar-refractivity contribution in [2.24, 2.45) is 0 Å². The molecule has 0 bridgehead atoms. The van der Waals surface area contributed by atoms with Crippen LogP contribution in [-0.4, -0.2) is 18.1 Å². The molecule has 108 valence electrons. The number of ether oxygens (including phenoxy) is 1. The van der Waals surface area contributed by atoms with Gasteiger partial charge < -0.3 is 14.5 Å². The highest BCUT2D eigenvalue weighted by atomic mass is 16.5. The van der Waals surface area contributed by atoms with E-state index in [2.05, 4.69) is 16.4 Å². The van der Waals surface area contributed by atoms with Crippen molar-refractivity contribution in [1.82, 2.24) is 10.3 Å². The smallest absolute Gasteiger partial charge is 0.145 e. The number of nitrogens with one attached hydrogen (secondary N) is 1. The van der Waals surface area contributed by atoms with E-state index in [9.17, 15) is 0 Å². The molecule has 0 spiro atoms. The van der Waals surface area contributed by atoms with Gasteiger partial charge in [0.1, 0.15) is 17.9 Å². The molecule has 4 nitrogen and oxygen atoms in total. The molecule has 3 rings (SSSR count). The van der Waals surface area contributed by atoms with Crippen LogP contribution in [0.2, 0.25) is 0 Å². The molecule has 0 radical (unpaired) electrons. The van der Waals surface area contributed by atoms with E-state index >= 15 is 0 Å². The molecule has 0 saturated heterocycles. The van der Waals surface area contributed by atoms with Crippen molar-refractivity contribution < 1.29 is 9.15 Å². The van der Waals surface area contributed by atoms with E-state index in [0.29, 0.717) is 6.61 Å². The first-order valence-corrected chi connectivity index (χ1v) is 7.04. The van der Waals surface area contributed by atoms with Crippen molar-refractivity contribution in [3.63, 3.8) is 0 Å². The zero-order valence-electron chi connectivity index (χ0n) is 12.0. The van der Waals surface area contributed by atoms with Crippen LogP contribution in [0.4, 0.5) is 0 Å². The highest BCUT2D eigenvalue weighted by Crippen LogP contribution is 2.23. The first-order chi connectivity index (χ1) is 10.3. The average Bonchev–Trinajstić information content (AvgIpc) is 3.00. The lowest BCUT2D eigenvalue weighted by molar-refractivity contribution is 0.316. The lowest BCUT2D eigenvalue weighted by Gasteiger charge is -2.09. The van der Waals surface area contributed by atoms with Crippen LogP contribution in [-0.2, 0) is 6.54 Å². The van der Waals surface area contributed by atoms with E-state index < -0.39 is 0 Å². The Morgan fingerprint density at radius 2 is 2.14 bits per heavy atom. The van der Waals surface area contributed by atoms with E-state index in [1.54, 1.807) is 12.5 Å². The molecular formula is C17H18N2O2. The SMILES string of the molecule is Cc1ccc2cccc(OCCNCc3ccoc3)c2n1. The van der Waals surface area contributed by atoms with Gasteiger partial charge >= 0.3 is 0 Å². The van der Waals surface area contributed by atoms with Crippen molar-refractivity contribution in [3.05, 3.63) is 60.2 Å². The van der Waals surface area contributed by atoms with Crippen LogP contribution in [0.25, 0.3) is 10.9 Å². The minimum atomic E-state index is 0.604. The fourth-order valence-corrected chi connectivity index (χ4v) is 2.19. The quantitative estimate of drug-likeness (QED) is 0.705. The first-order valence-electron chi connectivity index (χ1n) is 7.04. The standard InChI is InChI=1S/C17H18N2O2/c1-13-5-6-15-3-2-4-16(17(15)19-13)21-10-8-18-11-14-7-9-20-12-14/h2-7,9,12,18H,8,10-11H2,1H3. The molecule has 1 aromatic carbocycles. The van der Waals surface area contributed by atoms with E-state index in [0.717, 1.165) is 41.0 Å². The number of aromatic nitrogens is 1. The third-order valence-electron chi connectivity index (χ3n) is 3.27. The Hall–Kier alpha value is -2.33. The lowest BCUT2D eigenvalue weighted by atomic mass is 10.2. The number of pyridine rings is 1. The molecule has 4 heteroatoms. The van der Waals surface area contributed by atoms with Gasteiger partial charge in [-0.3, -0.25) is 0 Å². The maximum absolute atomic E-state index is 5.85. The van der Waals surface area contributed by atoms with E-state index in [4.69, 9.17) is 9.15 Å². The molecule has 2 heterocycles. The second kappa shape index (κ2) is 6.41. The van der Waals surface area contributed by atoms with Crippen LogP contribution in [0.15, 0.2) is 53.3 Å². The molecule has 1 N–H and O–H groups in total. The number of aryl methyl sites for hydroxylation is 1. The van der Waals surface area contributed by atoms with Gasteiger partial charge in [0.25, 0.3) is 0 Å². The van der Waals surface area contributed by atoms with Gasteiger partial charge in [-0.05, 0) is 25.1 Å². The summed E-state index contributed by atoms with van der Waals surface area (Å²) >= 11 is 0. The number of benzene rings is 1. The van der Waals surface area contributed by atoms with Crippen molar-refractivity contribution in [1.29, 1.82) is 0 Å². The molecule has 3 aromatic rings. The Bertz CT molecular complexity index is 708. The van der Waals surface area contributed by atoms with Crippen LogP contribution in [0.5, 0.6) is 5.75 Å². The predicted octanol–water partition coefficient (Wildman–Crippen LogP) is 3.30. The molecule has 0 saturated carbocycles. The average molecular weight is 282 g/mol. The number of furan rings is 1. The number of rotatable bonds is 6. The number of hydrogen-bond acceptors (Lipinski definition) is 4. The summed E-state index contributed by atoms with van der Waals surface area (Å²) in [5.41, 5.74) is 3.06. The number of hydrogen-bond donors (Lipinski definition) is 1. The topological polar surface area (TPSA) is 47.3 Å². The molecule has 0 aliphatic rings. The zero-order valence-corrected chi connectivity index (χ0v) is 12.0. The number of fused-ring (bicyclic) bond motifs is 1. The van der Waals surface area contributed by atoms with Gasteiger partial charge in [0, 0.05) is 29.7 Å². The van der Waals surface area contributed by atoms with Crippen molar-refractivity contribution >= 4 is 10.9 Å². The Morgan fingerprint density at radius 1 is 1.19 bits per heavy atom. The third kappa shape index (κ3) is 3.41. The molecule has 0 amide bonds. The van der Waals surface area contributed by atoms with Gasteiger partial charge in [0.05, 0.1) is 12.5 Å². The van der Waals surface area contributed by atoms with Crippen LogP contribution in [0.3, 0.4) is 0 Å². The number of para-hydroxylation sites is 1. The summed E-state index contributed by atoms with van der Waals surface area (Å²) in [6.07, 6.45) is 3.42. The second-order valence-electron chi connectivity index (χ2n) is 4.94. The van der Waals surface area contributed by atoms with Crippen molar-refractivity contribution in [3.8, 4) is 5.75 Å². The monoisotopic (exact) mass is 282 g/mol. The van der Waals surface area contributed by atoms with Crippen LogP contribution in [0.1, 0.15) is 11.3 Å². The maximum Gasteiger partial charge on any atom is 0.145 e. The van der Waals surface area contributed by atoms with Gasteiger partial charge in [-0.15, -0.1) is 0 Å². The van der Waals surface area contributed by atoms with Gasteiger partial charge in [-0.25, -0.2) is 4.98 Å². The van der Waals surface area contributed by atoms with Crippen LogP contribution < -0.4 is 10.1 Å². The summed E-state index contributed by atoms with van der Waals surface area (Å²) in [6, 6.07) is 12.0. The minimum Gasteiger partial charge on any atom is -0.490 e. The Morgan fingerprint density at radius 3 is 3.00 bits per heavy atom. The number of nitrogens with zero attached hydrogens (tertiary/aromatic N) is 1. The summed E-state index contributed by atoms with van der Waals surface area (Å²) in [5.74, 6) is 0.835. The Kier molecular flexibility index (Phi) is 4.17. The van der Waals surface area contributed by atoms with Gasteiger partial charge in [0.15, 0.2) is 0 Å². The molecule has 21 heavy (non-hydrogen) atoms. The molecule has 2 aromatic heterocycles. The molecule has 0 aliphatic heterocycles. The van der Waals surface area contributed by atoms with E-state index in [1.807, 2.05) is 37.3 Å². The molecule has 0 fully saturated rings. The van der Waals surface area contributed by atoms with Crippen molar-refractivity contribution in [2.75, 3.05) is 13.2 Å². The van der Waals surface area contributed by atoms with Crippen LogP contribution >= 0.6 is 0 Å². The normalized spacial score (nSPS) is 10.9. The largest absolute Gasteiger partial charge is 0.490 e.